The van der Waals surface area contributed by atoms with Crippen LogP contribution in [0.3, 0.4) is 0 Å². The van der Waals surface area contributed by atoms with E-state index in [1.807, 2.05) is 11.6 Å². The molecule has 0 unspecified atom stereocenters. The van der Waals surface area contributed by atoms with E-state index in [-0.39, 0.29) is 10.8 Å². The molecule has 18 heavy (non-hydrogen) atoms. The summed E-state index contributed by atoms with van der Waals surface area (Å²) >= 11 is 5.70. The molecule has 1 aromatic heterocycles. The first-order valence-electron chi connectivity index (χ1n) is 5.65. The van der Waals surface area contributed by atoms with Gasteiger partial charge in [0.2, 0.25) is 0 Å². The van der Waals surface area contributed by atoms with Crippen molar-refractivity contribution in [2.24, 2.45) is 7.05 Å². The number of nitrogens with zero attached hydrogens (tertiary/aromatic N) is 3. The molecule has 0 fully saturated rings. The summed E-state index contributed by atoms with van der Waals surface area (Å²) in [6.07, 6.45) is 2.41. The van der Waals surface area contributed by atoms with Gasteiger partial charge in [0.1, 0.15) is 18.0 Å². The number of benzene rings is 1. The molecular formula is C12H14ClFN4. The normalized spacial score (nSPS) is 10.8. The van der Waals surface area contributed by atoms with Gasteiger partial charge in [-0.25, -0.2) is 4.39 Å². The smallest absolute Gasteiger partial charge is 0.146 e. The van der Waals surface area contributed by atoms with Gasteiger partial charge in [-0.3, -0.25) is 0 Å². The van der Waals surface area contributed by atoms with E-state index in [0.29, 0.717) is 18.7 Å². The Bertz CT molecular complexity index is 527. The van der Waals surface area contributed by atoms with E-state index in [1.165, 1.54) is 0 Å². The van der Waals surface area contributed by atoms with Crippen molar-refractivity contribution < 1.29 is 4.39 Å². The Hall–Kier alpha value is -1.46. The lowest BCUT2D eigenvalue weighted by Gasteiger charge is -2.06. The number of nitrogens with one attached hydrogen (secondary N) is 1. The number of rotatable bonds is 5. The summed E-state index contributed by atoms with van der Waals surface area (Å²) in [5.74, 6) is 0.541. The van der Waals surface area contributed by atoms with Crippen LogP contribution in [-0.2, 0) is 20.0 Å². The van der Waals surface area contributed by atoms with Gasteiger partial charge in [-0.1, -0.05) is 23.7 Å². The van der Waals surface area contributed by atoms with Crippen molar-refractivity contribution in [3.8, 4) is 0 Å². The third-order valence-electron chi connectivity index (χ3n) is 2.68. The Morgan fingerprint density at radius 2 is 2.28 bits per heavy atom. The molecule has 0 amide bonds. The predicted molar refractivity (Wildman–Crippen MR) is 67.8 cm³/mol. The molecule has 0 bridgehead atoms. The molecule has 0 spiro atoms. The molecule has 6 heteroatoms. The molecule has 2 rings (SSSR count). The largest absolute Gasteiger partial charge is 0.321 e. The average molecular weight is 269 g/mol. The van der Waals surface area contributed by atoms with Gasteiger partial charge in [-0.15, -0.1) is 10.2 Å². The third-order valence-corrected chi connectivity index (χ3v) is 2.97. The summed E-state index contributed by atoms with van der Waals surface area (Å²) in [7, 11) is 1.89. The van der Waals surface area contributed by atoms with Gasteiger partial charge >= 0.3 is 0 Å². The summed E-state index contributed by atoms with van der Waals surface area (Å²) < 4.78 is 15.4. The summed E-state index contributed by atoms with van der Waals surface area (Å²) in [6, 6.07) is 5.00. The summed E-state index contributed by atoms with van der Waals surface area (Å²) in [6.45, 7) is 1.16. The minimum atomic E-state index is -0.356. The van der Waals surface area contributed by atoms with E-state index >= 15 is 0 Å². The molecule has 0 aliphatic heterocycles. The number of hydrogen-bond acceptors (Lipinski definition) is 3. The molecule has 0 saturated carbocycles. The number of aryl methyl sites for hydroxylation is 1. The molecule has 1 aromatic carbocycles. The molecule has 0 aliphatic rings. The molecule has 0 radical (unpaired) electrons. The quantitative estimate of drug-likeness (QED) is 0.843. The Balaban J connectivity index is 1.82. The van der Waals surface area contributed by atoms with Crippen molar-refractivity contribution in [1.82, 2.24) is 20.1 Å². The molecule has 4 nitrogen and oxygen atoms in total. The lowest BCUT2D eigenvalue weighted by molar-refractivity contribution is 0.584. The maximum Gasteiger partial charge on any atom is 0.146 e. The van der Waals surface area contributed by atoms with Crippen LogP contribution < -0.4 is 5.32 Å². The zero-order chi connectivity index (χ0) is 13.0. The van der Waals surface area contributed by atoms with E-state index in [2.05, 4.69) is 15.5 Å². The van der Waals surface area contributed by atoms with Crippen LogP contribution in [0.4, 0.5) is 4.39 Å². The van der Waals surface area contributed by atoms with Crippen molar-refractivity contribution in [3.05, 3.63) is 46.8 Å². The van der Waals surface area contributed by atoms with Gasteiger partial charge in [-0.2, -0.15) is 0 Å². The Labute approximate surface area is 110 Å². The van der Waals surface area contributed by atoms with Crippen LogP contribution in [0.2, 0.25) is 5.02 Å². The molecule has 0 saturated heterocycles. The van der Waals surface area contributed by atoms with Gasteiger partial charge in [0, 0.05) is 32.1 Å². The van der Waals surface area contributed by atoms with Crippen LogP contribution >= 0.6 is 11.6 Å². The fourth-order valence-electron chi connectivity index (χ4n) is 1.64. The standard InChI is InChI=1S/C12H14ClFN4/c1-18-8-16-17-11(18)5-6-15-7-9-3-2-4-10(13)12(9)14/h2-4,8,15H,5-7H2,1H3. The zero-order valence-corrected chi connectivity index (χ0v) is 10.8. The Morgan fingerprint density at radius 1 is 1.44 bits per heavy atom. The summed E-state index contributed by atoms with van der Waals surface area (Å²) in [5.41, 5.74) is 0.570. The van der Waals surface area contributed by atoms with Gasteiger partial charge in [0.15, 0.2) is 0 Å². The maximum absolute atomic E-state index is 13.6. The lowest BCUT2D eigenvalue weighted by Crippen LogP contribution is -2.18. The van der Waals surface area contributed by atoms with E-state index < -0.39 is 0 Å². The minimum absolute atomic E-state index is 0.155. The first-order chi connectivity index (χ1) is 8.68. The summed E-state index contributed by atoms with van der Waals surface area (Å²) in [4.78, 5) is 0. The predicted octanol–water partition coefficient (Wildman–Crippen LogP) is 1.94. The van der Waals surface area contributed by atoms with Crippen molar-refractivity contribution in [2.45, 2.75) is 13.0 Å². The van der Waals surface area contributed by atoms with Gasteiger partial charge in [0.05, 0.1) is 5.02 Å². The van der Waals surface area contributed by atoms with E-state index in [9.17, 15) is 4.39 Å². The first kappa shape index (κ1) is 13.0. The highest BCUT2D eigenvalue weighted by atomic mass is 35.5. The number of aromatic nitrogens is 3. The van der Waals surface area contributed by atoms with Crippen LogP contribution in [0.5, 0.6) is 0 Å². The van der Waals surface area contributed by atoms with Crippen molar-refractivity contribution in [1.29, 1.82) is 0 Å². The fraction of sp³-hybridized carbons (Fsp3) is 0.333. The highest BCUT2D eigenvalue weighted by Gasteiger charge is 2.05. The van der Waals surface area contributed by atoms with Crippen LogP contribution in [0, 0.1) is 5.82 Å². The summed E-state index contributed by atoms with van der Waals surface area (Å²) in [5, 5.41) is 11.1. The van der Waals surface area contributed by atoms with E-state index in [1.54, 1.807) is 24.5 Å². The zero-order valence-electron chi connectivity index (χ0n) is 10.0. The first-order valence-corrected chi connectivity index (χ1v) is 6.02. The van der Waals surface area contributed by atoms with Crippen LogP contribution in [0.15, 0.2) is 24.5 Å². The monoisotopic (exact) mass is 268 g/mol. The topological polar surface area (TPSA) is 42.7 Å². The number of hydrogen-bond donors (Lipinski definition) is 1. The SMILES string of the molecule is Cn1cnnc1CCNCc1cccc(Cl)c1F. The highest BCUT2D eigenvalue weighted by molar-refractivity contribution is 6.30. The van der Waals surface area contributed by atoms with Crippen molar-refractivity contribution in [3.63, 3.8) is 0 Å². The average Bonchev–Trinajstić information content (AvgIpc) is 2.76. The van der Waals surface area contributed by atoms with Crippen molar-refractivity contribution in [2.75, 3.05) is 6.54 Å². The van der Waals surface area contributed by atoms with E-state index in [0.717, 1.165) is 12.2 Å². The van der Waals surface area contributed by atoms with Crippen molar-refractivity contribution >= 4 is 11.6 Å². The third kappa shape index (κ3) is 3.05. The fourth-order valence-corrected chi connectivity index (χ4v) is 1.84. The Morgan fingerprint density at radius 3 is 3.00 bits per heavy atom. The van der Waals surface area contributed by atoms with Gasteiger partial charge < -0.3 is 9.88 Å². The second-order valence-corrected chi connectivity index (χ2v) is 4.40. The molecular weight excluding hydrogens is 255 g/mol. The maximum atomic E-state index is 13.6. The van der Waals surface area contributed by atoms with Gasteiger partial charge in [-0.05, 0) is 6.07 Å². The van der Waals surface area contributed by atoms with E-state index in [4.69, 9.17) is 11.6 Å². The van der Waals surface area contributed by atoms with Gasteiger partial charge in [0.25, 0.3) is 0 Å². The second kappa shape index (κ2) is 5.93. The molecule has 1 N–H and O–H groups in total. The Kier molecular flexibility index (Phi) is 4.28. The molecule has 1 heterocycles. The number of halogens is 2. The second-order valence-electron chi connectivity index (χ2n) is 4.00. The minimum Gasteiger partial charge on any atom is -0.321 e. The molecule has 0 aliphatic carbocycles. The highest BCUT2D eigenvalue weighted by Crippen LogP contribution is 2.17. The molecule has 0 atom stereocenters. The molecule has 96 valence electrons. The van der Waals surface area contributed by atoms with Crippen LogP contribution in [0.1, 0.15) is 11.4 Å². The lowest BCUT2D eigenvalue weighted by atomic mass is 10.2. The van der Waals surface area contributed by atoms with Crippen LogP contribution in [0.25, 0.3) is 0 Å². The van der Waals surface area contributed by atoms with Crippen LogP contribution in [-0.4, -0.2) is 21.3 Å². The molecule has 2 aromatic rings.